The Morgan fingerprint density at radius 1 is 1.29 bits per heavy atom. The monoisotopic (exact) mass is 298 g/mol. The summed E-state index contributed by atoms with van der Waals surface area (Å²) in [6.07, 6.45) is 5.21. The molecule has 7 heteroatoms. The van der Waals surface area contributed by atoms with Crippen molar-refractivity contribution in [3.05, 3.63) is 29.6 Å². The van der Waals surface area contributed by atoms with Crippen LogP contribution in [0.3, 0.4) is 0 Å². The molecule has 1 unspecified atom stereocenters. The molecular weight excluding hydrogens is 282 g/mol. The maximum absolute atomic E-state index is 13.5. The highest BCUT2D eigenvalue weighted by molar-refractivity contribution is 5.96. The van der Waals surface area contributed by atoms with Crippen LogP contribution < -0.4 is 5.32 Å². The van der Waals surface area contributed by atoms with E-state index in [9.17, 15) is 23.5 Å². The van der Waals surface area contributed by atoms with Crippen molar-refractivity contribution in [1.29, 1.82) is 0 Å². The van der Waals surface area contributed by atoms with Crippen LogP contribution in [0.1, 0.15) is 42.5 Å². The second-order valence-corrected chi connectivity index (χ2v) is 5.15. The number of halogens is 2. The highest BCUT2D eigenvalue weighted by Gasteiger charge is 2.31. The molecule has 2 rings (SSSR count). The van der Waals surface area contributed by atoms with Gasteiger partial charge in [-0.1, -0.05) is 19.3 Å². The predicted molar refractivity (Wildman–Crippen MR) is 69.6 cm³/mol. The molecule has 21 heavy (non-hydrogen) atoms. The van der Waals surface area contributed by atoms with E-state index in [0.29, 0.717) is 12.8 Å². The van der Waals surface area contributed by atoms with Gasteiger partial charge in [-0.15, -0.1) is 0 Å². The van der Waals surface area contributed by atoms with Gasteiger partial charge in [-0.3, -0.25) is 4.79 Å². The lowest BCUT2D eigenvalue weighted by atomic mass is 9.84. The number of carbonyl (C=O) groups excluding carboxylic acids is 1. The number of hydrogen-bond donors (Lipinski definition) is 2. The number of aromatic nitrogens is 1. The molecule has 0 bridgehead atoms. The number of carboxylic acids is 1. The van der Waals surface area contributed by atoms with Crippen LogP contribution in [0, 0.1) is 17.7 Å². The quantitative estimate of drug-likeness (QED) is 0.835. The zero-order valence-electron chi connectivity index (χ0n) is 11.3. The summed E-state index contributed by atoms with van der Waals surface area (Å²) in [5.74, 6) is -5.04. The van der Waals surface area contributed by atoms with Crippen molar-refractivity contribution in [3.8, 4) is 0 Å². The van der Waals surface area contributed by atoms with Crippen LogP contribution in [0.15, 0.2) is 12.3 Å². The molecule has 0 aliphatic heterocycles. The molecule has 1 saturated carbocycles. The molecule has 0 saturated heterocycles. The van der Waals surface area contributed by atoms with Crippen LogP contribution in [0.2, 0.25) is 0 Å². The van der Waals surface area contributed by atoms with Crippen molar-refractivity contribution in [2.45, 2.75) is 38.1 Å². The standard InChI is InChI=1S/C14H16F2N2O3/c15-10-9(6-7-17-12(10)16)13(19)18-11(14(20)21)8-4-2-1-3-5-8/h6-8,11H,1-5H2,(H,18,19)(H,20,21). The largest absolute Gasteiger partial charge is 0.480 e. The van der Waals surface area contributed by atoms with Gasteiger partial charge in [-0.2, -0.15) is 4.39 Å². The highest BCUT2D eigenvalue weighted by atomic mass is 19.2. The second-order valence-electron chi connectivity index (χ2n) is 5.15. The van der Waals surface area contributed by atoms with Crippen molar-refractivity contribution in [1.82, 2.24) is 10.3 Å². The van der Waals surface area contributed by atoms with Crippen LogP contribution in [-0.2, 0) is 4.79 Å². The van der Waals surface area contributed by atoms with E-state index in [1.165, 1.54) is 0 Å². The molecule has 5 nitrogen and oxygen atoms in total. The van der Waals surface area contributed by atoms with Gasteiger partial charge in [0.1, 0.15) is 6.04 Å². The average Bonchev–Trinajstić information content (AvgIpc) is 2.48. The number of hydrogen-bond acceptors (Lipinski definition) is 3. The average molecular weight is 298 g/mol. The number of nitrogens with zero attached hydrogens (tertiary/aromatic N) is 1. The van der Waals surface area contributed by atoms with Gasteiger partial charge in [0.05, 0.1) is 5.56 Å². The van der Waals surface area contributed by atoms with Crippen molar-refractivity contribution < 1.29 is 23.5 Å². The summed E-state index contributed by atoms with van der Waals surface area (Å²) in [5.41, 5.74) is -0.537. The summed E-state index contributed by atoms with van der Waals surface area (Å²) >= 11 is 0. The molecule has 0 spiro atoms. The van der Waals surface area contributed by atoms with Gasteiger partial charge in [0.25, 0.3) is 5.91 Å². The number of pyridine rings is 1. The van der Waals surface area contributed by atoms with Crippen LogP contribution >= 0.6 is 0 Å². The molecule has 0 aromatic carbocycles. The zero-order valence-corrected chi connectivity index (χ0v) is 11.3. The van der Waals surface area contributed by atoms with E-state index in [4.69, 9.17) is 0 Å². The Kier molecular flexibility index (Phi) is 4.82. The number of carboxylic acid groups (broad SMARTS) is 1. The van der Waals surface area contributed by atoms with Crippen LogP contribution in [-0.4, -0.2) is 28.0 Å². The van der Waals surface area contributed by atoms with E-state index >= 15 is 0 Å². The summed E-state index contributed by atoms with van der Waals surface area (Å²) in [7, 11) is 0. The van der Waals surface area contributed by atoms with E-state index in [1.54, 1.807) is 0 Å². The Hall–Kier alpha value is -2.05. The first-order valence-electron chi connectivity index (χ1n) is 6.84. The molecular formula is C14H16F2N2O3. The number of rotatable bonds is 4. The van der Waals surface area contributed by atoms with Crippen molar-refractivity contribution in [3.63, 3.8) is 0 Å². The maximum atomic E-state index is 13.5. The van der Waals surface area contributed by atoms with Crippen LogP contribution in [0.25, 0.3) is 0 Å². The number of carbonyl (C=O) groups is 2. The van der Waals surface area contributed by atoms with Gasteiger partial charge in [0, 0.05) is 6.20 Å². The lowest BCUT2D eigenvalue weighted by Gasteiger charge is -2.28. The van der Waals surface area contributed by atoms with Crippen molar-refractivity contribution in [2.75, 3.05) is 0 Å². The molecule has 1 fully saturated rings. The molecule has 114 valence electrons. The van der Waals surface area contributed by atoms with Gasteiger partial charge < -0.3 is 10.4 Å². The van der Waals surface area contributed by atoms with Crippen molar-refractivity contribution >= 4 is 11.9 Å². The van der Waals surface area contributed by atoms with Gasteiger partial charge in [0.2, 0.25) is 5.95 Å². The lowest BCUT2D eigenvalue weighted by Crippen LogP contribution is -2.46. The molecule has 1 amide bonds. The molecule has 1 aliphatic rings. The third kappa shape index (κ3) is 3.53. The first kappa shape index (κ1) is 15.3. The molecule has 1 aromatic rings. The molecule has 1 atom stereocenters. The van der Waals surface area contributed by atoms with E-state index < -0.39 is 35.2 Å². The van der Waals surface area contributed by atoms with Crippen LogP contribution in [0.4, 0.5) is 8.78 Å². The fraction of sp³-hybridized carbons (Fsp3) is 0.500. The van der Waals surface area contributed by atoms with E-state index in [1.807, 2.05) is 0 Å². The minimum absolute atomic E-state index is 0.185. The first-order valence-corrected chi connectivity index (χ1v) is 6.84. The summed E-state index contributed by atoms with van der Waals surface area (Å²) < 4.78 is 26.5. The number of aliphatic carboxylic acids is 1. The Morgan fingerprint density at radius 2 is 1.95 bits per heavy atom. The van der Waals surface area contributed by atoms with E-state index in [2.05, 4.69) is 10.3 Å². The first-order chi connectivity index (χ1) is 10.0. The molecule has 0 radical (unpaired) electrons. The number of nitrogens with one attached hydrogen (secondary N) is 1. The summed E-state index contributed by atoms with van der Waals surface area (Å²) in [6, 6.07) is -0.0681. The Balaban J connectivity index is 2.14. The zero-order chi connectivity index (χ0) is 15.4. The van der Waals surface area contributed by atoms with Crippen LogP contribution in [0.5, 0.6) is 0 Å². The van der Waals surface area contributed by atoms with E-state index in [0.717, 1.165) is 31.5 Å². The molecule has 2 N–H and O–H groups in total. The summed E-state index contributed by atoms with van der Waals surface area (Å²) in [5, 5.41) is 11.5. The van der Waals surface area contributed by atoms with Gasteiger partial charge in [0.15, 0.2) is 5.82 Å². The van der Waals surface area contributed by atoms with Gasteiger partial charge in [-0.25, -0.2) is 14.2 Å². The SMILES string of the molecule is O=C(NC(C(=O)O)C1CCCCC1)c1ccnc(F)c1F. The minimum atomic E-state index is -1.38. The summed E-state index contributed by atoms with van der Waals surface area (Å²) in [4.78, 5) is 26.4. The maximum Gasteiger partial charge on any atom is 0.326 e. The molecule has 1 aliphatic carbocycles. The van der Waals surface area contributed by atoms with Gasteiger partial charge in [-0.05, 0) is 24.8 Å². The Labute approximate surface area is 120 Å². The fourth-order valence-corrected chi connectivity index (χ4v) is 2.66. The number of amides is 1. The van der Waals surface area contributed by atoms with Gasteiger partial charge >= 0.3 is 5.97 Å². The smallest absolute Gasteiger partial charge is 0.326 e. The third-order valence-corrected chi connectivity index (χ3v) is 3.77. The van der Waals surface area contributed by atoms with E-state index in [-0.39, 0.29) is 5.92 Å². The predicted octanol–water partition coefficient (Wildman–Crippen LogP) is 2.12. The molecule has 1 aromatic heterocycles. The topological polar surface area (TPSA) is 79.3 Å². The second kappa shape index (κ2) is 6.60. The third-order valence-electron chi connectivity index (χ3n) is 3.77. The normalized spacial score (nSPS) is 17.2. The highest BCUT2D eigenvalue weighted by Crippen LogP contribution is 2.27. The lowest BCUT2D eigenvalue weighted by molar-refractivity contribution is -0.141. The molecule has 1 heterocycles. The Morgan fingerprint density at radius 3 is 2.57 bits per heavy atom. The minimum Gasteiger partial charge on any atom is -0.480 e. The fourth-order valence-electron chi connectivity index (χ4n) is 2.66. The summed E-state index contributed by atoms with van der Waals surface area (Å²) in [6.45, 7) is 0. The van der Waals surface area contributed by atoms with Crippen molar-refractivity contribution in [2.24, 2.45) is 5.92 Å². The Bertz CT molecular complexity index is 545.